The lowest BCUT2D eigenvalue weighted by atomic mass is 9.97. The van der Waals surface area contributed by atoms with Gasteiger partial charge in [0.2, 0.25) is 5.88 Å². The molecule has 6 aromatic carbocycles. The van der Waals surface area contributed by atoms with E-state index in [1.54, 1.807) is 0 Å². The summed E-state index contributed by atoms with van der Waals surface area (Å²) in [5, 5.41) is 14.7. The van der Waals surface area contributed by atoms with Crippen LogP contribution in [0.5, 0.6) is 17.4 Å². The van der Waals surface area contributed by atoms with Crippen molar-refractivity contribution in [2.75, 3.05) is 0 Å². The Morgan fingerprint density at radius 2 is 1.12 bits per heavy atom. The zero-order valence-electron chi connectivity index (χ0n) is 26.4. The monoisotopic (exact) mass is 631 g/mol. The third kappa shape index (κ3) is 5.05. The number of phenolic OH excluding ortho intramolecular Hbond substituents is 1. The second-order valence-electron chi connectivity index (χ2n) is 12.0. The Bertz CT molecular complexity index is 2630. The topological polar surface area (TPSA) is 60.2 Å². The Kier molecular flexibility index (Phi) is 6.87. The van der Waals surface area contributed by atoms with Gasteiger partial charge in [-0.05, 0) is 64.2 Å². The normalized spacial score (nSPS) is 11.3. The van der Waals surface area contributed by atoms with Crippen LogP contribution in [0.25, 0.3) is 71.9 Å². The van der Waals surface area contributed by atoms with Gasteiger partial charge in [-0.3, -0.25) is 4.57 Å². The maximum Gasteiger partial charge on any atom is 0.220 e. The molecule has 0 aliphatic heterocycles. The van der Waals surface area contributed by atoms with Gasteiger partial charge in [0, 0.05) is 40.1 Å². The number of aromatic hydroxyl groups is 1. The third-order valence-electron chi connectivity index (χ3n) is 9.05. The standard InChI is InChI=1S/C44H29N3O2/c48-44-34(30-14-6-2-7-15-30)22-23-37-38(31-16-8-3-9-17-31)28-42(46-43(37)44)49-33-20-21-36-35-18-10-11-19-39(35)47(40(36)27-33)41-26-32(24-25-45-41)29-12-4-1-5-13-29/h1-28,48H. The summed E-state index contributed by atoms with van der Waals surface area (Å²) >= 11 is 0. The smallest absolute Gasteiger partial charge is 0.220 e. The molecule has 0 radical (unpaired) electrons. The molecule has 0 atom stereocenters. The number of hydrogen-bond acceptors (Lipinski definition) is 4. The predicted octanol–water partition coefficient (Wildman–Crippen LogP) is 11.2. The number of ether oxygens (including phenoxy) is 1. The number of nitrogens with zero attached hydrogens (tertiary/aromatic N) is 3. The minimum atomic E-state index is 0.117. The molecule has 3 heterocycles. The van der Waals surface area contributed by atoms with Gasteiger partial charge in [-0.2, -0.15) is 0 Å². The lowest BCUT2D eigenvalue weighted by Crippen LogP contribution is -1.98. The predicted molar refractivity (Wildman–Crippen MR) is 198 cm³/mol. The molecule has 0 aliphatic carbocycles. The van der Waals surface area contributed by atoms with Gasteiger partial charge < -0.3 is 9.84 Å². The summed E-state index contributed by atoms with van der Waals surface area (Å²) < 4.78 is 8.77. The lowest BCUT2D eigenvalue weighted by molar-refractivity contribution is 0.461. The summed E-state index contributed by atoms with van der Waals surface area (Å²) in [5.41, 5.74) is 8.29. The minimum Gasteiger partial charge on any atom is -0.505 e. The average Bonchev–Trinajstić information content (AvgIpc) is 3.49. The molecule has 5 nitrogen and oxygen atoms in total. The molecule has 49 heavy (non-hydrogen) atoms. The first-order valence-electron chi connectivity index (χ1n) is 16.2. The van der Waals surface area contributed by atoms with Crippen LogP contribution in [0.4, 0.5) is 0 Å². The van der Waals surface area contributed by atoms with Crippen LogP contribution in [-0.2, 0) is 0 Å². The molecule has 1 N–H and O–H groups in total. The van der Waals surface area contributed by atoms with Crippen LogP contribution in [0, 0.1) is 0 Å². The van der Waals surface area contributed by atoms with E-state index in [4.69, 9.17) is 14.7 Å². The maximum atomic E-state index is 11.6. The summed E-state index contributed by atoms with van der Waals surface area (Å²) in [6.45, 7) is 0. The van der Waals surface area contributed by atoms with E-state index in [9.17, 15) is 5.11 Å². The number of rotatable bonds is 6. The van der Waals surface area contributed by atoms with E-state index in [2.05, 4.69) is 65.2 Å². The Hall–Kier alpha value is -6.72. The number of fused-ring (bicyclic) bond motifs is 4. The minimum absolute atomic E-state index is 0.117. The Balaban J connectivity index is 1.20. The summed E-state index contributed by atoms with van der Waals surface area (Å²) in [7, 11) is 0. The number of benzene rings is 6. The number of para-hydroxylation sites is 1. The molecule has 9 rings (SSSR count). The van der Waals surface area contributed by atoms with E-state index >= 15 is 0 Å². The van der Waals surface area contributed by atoms with Gasteiger partial charge in [0.25, 0.3) is 0 Å². The zero-order chi connectivity index (χ0) is 32.7. The molecule has 0 saturated carbocycles. The highest BCUT2D eigenvalue weighted by molar-refractivity contribution is 6.09. The summed E-state index contributed by atoms with van der Waals surface area (Å²) in [6, 6.07) is 54.9. The first kappa shape index (κ1) is 28.5. The summed E-state index contributed by atoms with van der Waals surface area (Å²) in [4.78, 5) is 9.73. The second-order valence-corrected chi connectivity index (χ2v) is 12.0. The highest BCUT2D eigenvalue weighted by Crippen LogP contribution is 2.41. The molecule has 0 spiro atoms. The van der Waals surface area contributed by atoms with Crippen molar-refractivity contribution < 1.29 is 9.84 Å². The highest BCUT2D eigenvalue weighted by atomic mass is 16.5. The van der Waals surface area contributed by atoms with E-state index in [-0.39, 0.29) is 5.75 Å². The lowest BCUT2D eigenvalue weighted by Gasteiger charge is -2.14. The van der Waals surface area contributed by atoms with Crippen molar-refractivity contribution in [3.63, 3.8) is 0 Å². The first-order chi connectivity index (χ1) is 24.2. The Morgan fingerprint density at radius 3 is 1.88 bits per heavy atom. The van der Waals surface area contributed by atoms with Gasteiger partial charge in [0.05, 0.1) is 11.0 Å². The molecule has 3 aromatic heterocycles. The molecule has 232 valence electrons. The van der Waals surface area contributed by atoms with Crippen molar-refractivity contribution >= 4 is 32.7 Å². The van der Waals surface area contributed by atoms with E-state index in [0.717, 1.165) is 60.8 Å². The van der Waals surface area contributed by atoms with Crippen LogP contribution in [0.1, 0.15) is 0 Å². The van der Waals surface area contributed by atoms with Gasteiger partial charge in [0.1, 0.15) is 22.8 Å². The number of hydrogen-bond donors (Lipinski definition) is 1. The molecule has 9 aromatic rings. The number of pyridine rings is 2. The molecule has 0 fully saturated rings. The van der Waals surface area contributed by atoms with E-state index in [1.165, 1.54) is 0 Å². The molecule has 5 heteroatoms. The average molecular weight is 632 g/mol. The van der Waals surface area contributed by atoms with Crippen LogP contribution in [0.2, 0.25) is 0 Å². The highest BCUT2D eigenvalue weighted by Gasteiger charge is 2.18. The van der Waals surface area contributed by atoms with Gasteiger partial charge in [-0.25, -0.2) is 9.97 Å². The van der Waals surface area contributed by atoms with Crippen LogP contribution in [0.15, 0.2) is 170 Å². The van der Waals surface area contributed by atoms with Crippen LogP contribution >= 0.6 is 0 Å². The third-order valence-corrected chi connectivity index (χ3v) is 9.05. The first-order valence-corrected chi connectivity index (χ1v) is 16.2. The van der Waals surface area contributed by atoms with Crippen molar-refractivity contribution in [2.24, 2.45) is 0 Å². The van der Waals surface area contributed by atoms with Gasteiger partial charge in [-0.15, -0.1) is 0 Å². The van der Waals surface area contributed by atoms with Gasteiger partial charge in [-0.1, -0.05) is 115 Å². The second kappa shape index (κ2) is 11.8. The molecule has 0 amide bonds. The van der Waals surface area contributed by atoms with Crippen molar-refractivity contribution in [3.05, 3.63) is 170 Å². The van der Waals surface area contributed by atoms with Crippen molar-refractivity contribution in [3.8, 4) is 56.6 Å². The van der Waals surface area contributed by atoms with Gasteiger partial charge >= 0.3 is 0 Å². The largest absolute Gasteiger partial charge is 0.505 e. The SMILES string of the molecule is Oc1c(-c2ccccc2)ccc2c(-c3ccccc3)cc(Oc3ccc4c5ccccc5n(-c5cc(-c6ccccc6)ccn5)c4c3)nc12. The van der Waals surface area contributed by atoms with Crippen LogP contribution in [-0.4, -0.2) is 19.6 Å². The fourth-order valence-corrected chi connectivity index (χ4v) is 6.75. The van der Waals surface area contributed by atoms with E-state index in [0.29, 0.717) is 22.7 Å². The Labute approximate surface area is 283 Å². The van der Waals surface area contributed by atoms with Crippen LogP contribution in [0.3, 0.4) is 0 Å². The molecule has 0 unspecified atom stereocenters. The van der Waals surface area contributed by atoms with E-state index in [1.807, 2.05) is 109 Å². The molecular formula is C44H29N3O2. The number of aromatic nitrogens is 3. The van der Waals surface area contributed by atoms with Crippen molar-refractivity contribution in [1.82, 2.24) is 14.5 Å². The van der Waals surface area contributed by atoms with Crippen molar-refractivity contribution in [1.29, 1.82) is 0 Å². The molecule has 0 bridgehead atoms. The van der Waals surface area contributed by atoms with E-state index < -0.39 is 0 Å². The number of phenols is 1. The summed E-state index contributed by atoms with van der Waals surface area (Å²) in [6.07, 6.45) is 1.86. The molecule has 0 saturated heterocycles. The fraction of sp³-hybridized carbons (Fsp3) is 0. The van der Waals surface area contributed by atoms with Crippen LogP contribution < -0.4 is 4.74 Å². The Morgan fingerprint density at radius 1 is 0.490 bits per heavy atom. The molecule has 0 aliphatic rings. The molecular weight excluding hydrogens is 603 g/mol. The zero-order valence-corrected chi connectivity index (χ0v) is 26.4. The maximum absolute atomic E-state index is 11.6. The van der Waals surface area contributed by atoms with Crippen molar-refractivity contribution in [2.45, 2.75) is 0 Å². The van der Waals surface area contributed by atoms with Gasteiger partial charge in [0.15, 0.2) is 0 Å². The quantitative estimate of drug-likeness (QED) is 0.198. The fourth-order valence-electron chi connectivity index (χ4n) is 6.75. The summed E-state index contributed by atoms with van der Waals surface area (Å²) in [5.74, 6) is 1.95.